The fourth-order valence-corrected chi connectivity index (χ4v) is 3.82. The number of aliphatic imine (C=N–C) groups is 1. The number of rotatable bonds is 5. The molecule has 2 heterocycles. The van der Waals surface area contributed by atoms with Gasteiger partial charge in [-0.05, 0) is 38.9 Å². The van der Waals surface area contributed by atoms with E-state index in [9.17, 15) is 5.11 Å². The summed E-state index contributed by atoms with van der Waals surface area (Å²) in [6.07, 6.45) is 3.05. The largest absolute Gasteiger partial charge is 0.387 e. The van der Waals surface area contributed by atoms with Gasteiger partial charge in [-0.15, -0.1) is 0 Å². The van der Waals surface area contributed by atoms with Crippen LogP contribution in [-0.4, -0.2) is 60.0 Å². The van der Waals surface area contributed by atoms with Gasteiger partial charge in [0.25, 0.3) is 0 Å². The van der Waals surface area contributed by atoms with E-state index in [1.165, 1.54) is 0 Å². The van der Waals surface area contributed by atoms with Crippen LogP contribution in [0, 0.1) is 0 Å². The number of nitrogens with zero attached hydrogens (tertiary/aromatic N) is 1. The molecular formula is C14H27N3O2S. The van der Waals surface area contributed by atoms with E-state index in [-0.39, 0.29) is 5.60 Å². The molecule has 0 spiro atoms. The maximum absolute atomic E-state index is 10.3. The normalized spacial score (nSPS) is 34.5. The molecule has 0 aromatic heterocycles. The molecule has 5 nitrogen and oxygen atoms in total. The molecule has 0 amide bonds. The summed E-state index contributed by atoms with van der Waals surface area (Å²) in [7, 11) is 0. The molecule has 0 radical (unpaired) electrons. The van der Waals surface area contributed by atoms with Crippen molar-refractivity contribution < 1.29 is 9.84 Å². The van der Waals surface area contributed by atoms with Crippen LogP contribution in [0.15, 0.2) is 4.99 Å². The van der Waals surface area contributed by atoms with E-state index in [2.05, 4.69) is 22.5 Å². The third-order valence-electron chi connectivity index (χ3n) is 3.89. The van der Waals surface area contributed by atoms with Gasteiger partial charge in [0.2, 0.25) is 0 Å². The molecule has 0 bridgehead atoms. The Balaban J connectivity index is 1.85. The first-order valence-electron chi connectivity index (χ1n) is 7.52. The van der Waals surface area contributed by atoms with Crippen molar-refractivity contribution in [3.8, 4) is 0 Å². The molecule has 6 heteroatoms. The molecule has 2 fully saturated rings. The van der Waals surface area contributed by atoms with Gasteiger partial charge in [-0.3, -0.25) is 4.99 Å². The Morgan fingerprint density at radius 2 is 2.25 bits per heavy atom. The maximum Gasteiger partial charge on any atom is 0.191 e. The zero-order valence-corrected chi connectivity index (χ0v) is 13.4. The van der Waals surface area contributed by atoms with Crippen LogP contribution in [0.25, 0.3) is 0 Å². The zero-order valence-electron chi connectivity index (χ0n) is 12.6. The fourth-order valence-electron chi connectivity index (χ4n) is 2.54. The van der Waals surface area contributed by atoms with Crippen LogP contribution in [0.4, 0.5) is 0 Å². The maximum atomic E-state index is 10.3. The third-order valence-corrected chi connectivity index (χ3v) is 5.12. The van der Waals surface area contributed by atoms with Gasteiger partial charge in [0.05, 0.1) is 17.7 Å². The van der Waals surface area contributed by atoms with Crippen LogP contribution in [0.3, 0.4) is 0 Å². The Morgan fingerprint density at radius 3 is 2.85 bits per heavy atom. The molecule has 0 aliphatic carbocycles. The summed E-state index contributed by atoms with van der Waals surface area (Å²) >= 11 is 1.80. The summed E-state index contributed by atoms with van der Waals surface area (Å²) in [6.45, 7) is 7.07. The van der Waals surface area contributed by atoms with Crippen molar-refractivity contribution in [2.45, 2.75) is 44.3 Å². The number of hydrogen-bond donors (Lipinski definition) is 3. The van der Waals surface area contributed by atoms with Gasteiger partial charge in [0.15, 0.2) is 5.96 Å². The summed E-state index contributed by atoms with van der Waals surface area (Å²) in [5.41, 5.74) is -0.711. The quantitative estimate of drug-likeness (QED) is 0.522. The predicted octanol–water partition coefficient (Wildman–Crippen LogP) is 0.979. The SMILES string of the molecule is CCNC(=NCC1(O)CCSC1)NCC1(C)CCCO1. The first kappa shape index (κ1) is 15.9. The number of nitrogens with one attached hydrogen (secondary N) is 2. The molecule has 3 N–H and O–H groups in total. The van der Waals surface area contributed by atoms with E-state index in [0.717, 1.165) is 56.4 Å². The second-order valence-corrected chi connectivity index (χ2v) is 7.08. The minimum Gasteiger partial charge on any atom is -0.387 e. The number of thioether (sulfide) groups is 1. The molecular weight excluding hydrogens is 274 g/mol. The van der Waals surface area contributed by atoms with Crippen molar-refractivity contribution in [2.24, 2.45) is 4.99 Å². The van der Waals surface area contributed by atoms with E-state index in [1.807, 2.05) is 6.92 Å². The lowest BCUT2D eigenvalue weighted by Crippen LogP contribution is -2.46. The summed E-state index contributed by atoms with van der Waals surface area (Å²) in [6, 6.07) is 0. The third kappa shape index (κ3) is 4.53. The molecule has 116 valence electrons. The molecule has 2 unspecified atom stereocenters. The van der Waals surface area contributed by atoms with Crippen LogP contribution in [0.5, 0.6) is 0 Å². The van der Waals surface area contributed by atoms with E-state index < -0.39 is 5.60 Å². The van der Waals surface area contributed by atoms with Crippen molar-refractivity contribution in [1.82, 2.24) is 10.6 Å². The molecule has 20 heavy (non-hydrogen) atoms. The van der Waals surface area contributed by atoms with Gasteiger partial charge in [0, 0.05) is 25.4 Å². The van der Waals surface area contributed by atoms with Gasteiger partial charge in [-0.2, -0.15) is 11.8 Å². The number of ether oxygens (including phenoxy) is 1. The zero-order chi connectivity index (χ0) is 14.5. The topological polar surface area (TPSA) is 65.9 Å². The highest BCUT2D eigenvalue weighted by Gasteiger charge is 2.32. The minimum absolute atomic E-state index is 0.0870. The van der Waals surface area contributed by atoms with Crippen molar-refractivity contribution >= 4 is 17.7 Å². The highest BCUT2D eigenvalue weighted by molar-refractivity contribution is 7.99. The predicted molar refractivity (Wildman–Crippen MR) is 84.5 cm³/mol. The lowest BCUT2D eigenvalue weighted by Gasteiger charge is -2.25. The van der Waals surface area contributed by atoms with Crippen molar-refractivity contribution in [3.05, 3.63) is 0 Å². The molecule has 2 aliphatic rings. The van der Waals surface area contributed by atoms with Crippen molar-refractivity contribution in [3.63, 3.8) is 0 Å². The average Bonchev–Trinajstić information content (AvgIpc) is 3.03. The van der Waals surface area contributed by atoms with E-state index in [1.54, 1.807) is 11.8 Å². The lowest BCUT2D eigenvalue weighted by atomic mass is 10.0. The van der Waals surface area contributed by atoms with E-state index in [4.69, 9.17) is 4.74 Å². The molecule has 2 rings (SSSR count). The molecule has 2 aliphatic heterocycles. The van der Waals surface area contributed by atoms with Crippen LogP contribution < -0.4 is 10.6 Å². The minimum atomic E-state index is -0.624. The fraction of sp³-hybridized carbons (Fsp3) is 0.929. The summed E-state index contributed by atoms with van der Waals surface area (Å²) in [4.78, 5) is 4.53. The van der Waals surface area contributed by atoms with Gasteiger partial charge in [-0.25, -0.2) is 0 Å². The Morgan fingerprint density at radius 1 is 1.40 bits per heavy atom. The Kier molecular flexibility index (Phi) is 5.57. The van der Waals surface area contributed by atoms with Crippen LogP contribution >= 0.6 is 11.8 Å². The second kappa shape index (κ2) is 7.00. The molecule has 0 aromatic carbocycles. The van der Waals surface area contributed by atoms with Gasteiger partial charge in [0.1, 0.15) is 0 Å². The smallest absolute Gasteiger partial charge is 0.191 e. The first-order chi connectivity index (χ1) is 9.55. The standard InChI is InChI=1S/C14H27N3O2S/c1-3-15-12(16-9-13(2)5-4-7-19-13)17-10-14(18)6-8-20-11-14/h18H,3-11H2,1-2H3,(H2,15,16,17). The van der Waals surface area contributed by atoms with E-state index in [0.29, 0.717) is 6.54 Å². The van der Waals surface area contributed by atoms with Crippen LogP contribution in [-0.2, 0) is 4.74 Å². The van der Waals surface area contributed by atoms with E-state index >= 15 is 0 Å². The summed E-state index contributed by atoms with van der Waals surface area (Å²) in [5, 5.41) is 16.9. The summed E-state index contributed by atoms with van der Waals surface area (Å²) in [5.74, 6) is 2.59. The van der Waals surface area contributed by atoms with Gasteiger partial charge < -0.3 is 20.5 Å². The van der Waals surface area contributed by atoms with Gasteiger partial charge in [-0.1, -0.05) is 0 Å². The molecule has 0 saturated carbocycles. The highest BCUT2D eigenvalue weighted by atomic mass is 32.2. The molecule has 0 aromatic rings. The Hall–Kier alpha value is -0.460. The van der Waals surface area contributed by atoms with Gasteiger partial charge >= 0.3 is 0 Å². The number of hydrogen-bond acceptors (Lipinski definition) is 4. The number of aliphatic hydroxyl groups is 1. The van der Waals surface area contributed by atoms with Crippen molar-refractivity contribution in [1.29, 1.82) is 0 Å². The Labute approximate surface area is 125 Å². The molecule has 2 atom stereocenters. The molecule has 2 saturated heterocycles. The van der Waals surface area contributed by atoms with Crippen LogP contribution in [0.1, 0.15) is 33.1 Å². The van der Waals surface area contributed by atoms with Crippen LogP contribution in [0.2, 0.25) is 0 Å². The lowest BCUT2D eigenvalue weighted by molar-refractivity contribution is 0.0242. The second-order valence-electron chi connectivity index (χ2n) is 5.98. The Bertz CT molecular complexity index is 337. The number of guanidine groups is 1. The summed E-state index contributed by atoms with van der Waals surface area (Å²) < 4.78 is 5.77. The highest BCUT2D eigenvalue weighted by Crippen LogP contribution is 2.28. The van der Waals surface area contributed by atoms with Crippen molar-refractivity contribution in [2.75, 3.05) is 37.7 Å². The monoisotopic (exact) mass is 301 g/mol. The average molecular weight is 301 g/mol. The first-order valence-corrected chi connectivity index (χ1v) is 8.67.